The lowest BCUT2D eigenvalue weighted by atomic mass is 10.1. The fraction of sp³-hybridized carbons (Fsp3) is 0.100. The summed E-state index contributed by atoms with van der Waals surface area (Å²) in [7, 11) is 0. The van der Waals surface area contributed by atoms with Gasteiger partial charge in [0.1, 0.15) is 10.7 Å². The number of thiophene rings is 1. The summed E-state index contributed by atoms with van der Waals surface area (Å²) >= 11 is 9.50. The molecule has 2 heterocycles. The number of H-pyrrole nitrogens is 1. The van der Waals surface area contributed by atoms with E-state index in [9.17, 15) is 4.79 Å². The van der Waals surface area contributed by atoms with Gasteiger partial charge in [-0.25, -0.2) is 4.98 Å². The van der Waals surface area contributed by atoms with Crippen molar-refractivity contribution in [3.63, 3.8) is 0 Å². The summed E-state index contributed by atoms with van der Waals surface area (Å²) in [5.74, 6) is 2.26. The molecule has 0 radical (unpaired) electrons. The Morgan fingerprint density at radius 2 is 1.77 bits per heavy atom. The van der Waals surface area contributed by atoms with Crippen LogP contribution in [0.15, 0.2) is 64.8 Å². The minimum absolute atomic E-state index is 0.110. The van der Waals surface area contributed by atoms with Gasteiger partial charge in [0.2, 0.25) is 0 Å². The monoisotopic (exact) mass is 398 g/mol. The van der Waals surface area contributed by atoms with Crippen LogP contribution in [0.3, 0.4) is 0 Å². The Kier molecular flexibility index (Phi) is 5.11. The number of benzene rings is 2. The zero-order valence-corrected chi connectivity index (χ0v) is 16.1. The number of aromatic amines is 1. The van der Waals surface area contributed by atoms with Crippen LogP contribution in [0.2, 0.25) is 5.02 Å². The molecule has 4 aromatic rings. The number of thioether (sulfide) groups is 1. The number of hydrogen-bond acceptors (Lipinski definition) is 4. The van der Waals surface area contributed by atoms with Gasteiger partial charge in [0, 0.05) is 27.3 Å². The number of aromatic nitrogens is 2. The lowest BCUT2D eigenvalue weighted by molar-refractivity contribution is 1.04. The molecular formula is C20H15ClN2OS2. The quantitative estimate of drug-likeness (QED) is 0.466. The molecular weight excluding hydrogens is 384 g/mol. The number of halogens is 1. The minimum atomic E-state index is -0.110. The number of rotatable bonds is 5. The summed E-state index contributed by atoms with van der Waals surface area (Å²) in [4.78, 5) is 21.0. The molecule has 2 aromatic carbocycles. The molecule has 0 saturated heterocycles. The molecule has 0 unspecified atom stereocenters. The predicted octanol–water partition coefficient (Wildman–Crippen LogP) is 5.74. The predicted molar refractivity (Wildman–Crippen MR) is 112 cm³/mol. The van der Waals surface area contributed by atoms with Crippen molar-refractivity contribution in [2.24, 2.45) is 0 Å². The van der Waals surface area contributed by atoms with E-state index in [0.717, 1.165) is 21.7 Å². The summed E-state index contributed by atoms with van der Waals surface area (Å²) in [6.07, 6.45) is 0. The second-order valence-electron chi connectivity index (χ2n) is 5.80. The van der Waals surface area contributed by atoms with E-state index in [1.165, 1.54) is 16.9 Å². The van der Waals surface area contributed by atoms with E-state index < -0.39 is 0 Å². The van der Waals surface area contributed by atoms with Crippen LogP contribution < -0.4 is 5.56 Å². The van der Waals surface area contributed by atoms with Gasteiger partial charge in [-0.1, -0.05) is 60.1 Å². The van der Waals surface area contributed by atoms with Crippen molar-refractivity contribution in [3.8, 4) is 11.1 Å². The Bertz CT molecular complexity index is 1110. The maximum Gasteiger partial charge on any atom is 0.260 e. The Balaban J connectivity index is 1.60. The van der Waals surface area contributed by atoms with E-state index >= 15 is 0 Å². The van der Waals surface area contributed by atoms with Crippen LogP contribution >= 0.6 is 34.7 Å². The van der Waals surface area contributed by atoms with Crippen molar-refractivity contribution in [2.75, 3.05) is 0 Å². The number of fused-ring (bicyclic) bond motifs is 1. The van der Waals surface area contributed by atoms with E-state index in [-0.39, 0.29) is 5.56 Å². The summed E-state index contributed by atoms with van der Waals surface area (Å²) in [5.41, 5.74) is 2.85. The van der Waals surface area contributed by atoms with Crippen LogP contribution in [-0.2, 0) is 11.5 Å². The summed E-state index contributed by atoms with van der Waals surface area (Å²) in [6.45, 7) is 0. The van der Waals surface area contributed by atoms with Gasteiger partial charge < -0.3 is 4.98 Å². The first-order valence-corrected chi connectivity index (χ1v) is 10.5. The molecule has 130 valence electrons. The SMILES string of the molecule is O=c1[nH]c(CSCc2ccccc2)nc2scc(-c3ccccc3Cl)c12. The van der Waals surface area contributed by atoms with Crippen LogP contribution in [0, 0.1) is 0 Å². The summed E-state index contributed by atoms with van der Waals surface area (Å²) in [6, 6.07) is 17.8. The van der Waals surface area contributed by atoms with Gasteiger partial charge >= 0.3 is 0 Å². The minimum Gasteiger partial charge on any atom is -0.309 e. The molecule has 6 heteroatoms. The number of hydrogen-bond donors (Lipinski definition) is 1. The van der Waals surface area contributed by atoms with E-state index in [1.807, 2.05) is 47.8 Å². The van der Waals surface area contributed by atoms with Crippen LogP contribution in [0.25, 0.3) is 21.3 Å². The van der Waals surface area contributed by atoms with Crippen LogP contribution in [0.4, 0.5) is 0 Å². The van der Waals surface area contributed by atoms with Crippen molar-refractivity contribution in [1.29, 1.82) is 0 Å². The second kappa shape index (κ2) is 7.66. The largest absolute Gasteiger partial charge is 0.309 e. The standard InChI is InChI=1S/C20H15ClN2OS2/c21-16-9-5-4-8-14(16)15-11-26-20-18(15)19(24)22-17(23-20)12-25-10-13-6-2-1-3-7-13/h1-9,11H,10,12H2,(H,22,23,24). The van der Waals surface area contributed by atoms with Gasteiger partial charge in [0.15, 0.2) is 0 Å². The average Bonchev–Trinajstić information content (AvgIpc) is 3.07. The zero-order chi connectivity index (χ0) is 17.9. The van der Waals surface area contributed by atoms with Crippen molar-refractivity contribution < 1.29 is 0 Å². The van der Waals surface area contributed by atoms with Gasteiger partial charge in [-0.15, -0.1) is 23.1 Å². The Hall–Kier alpha value is -2.08. The number of nitrogens with zero attached hydrogens (tertiary/aromatic N) is 1. The van der Waals surface area contributed by atoms with Gasteiger partial charge in [0.25, 0.3) is 5.56 Å². The first-order valence-electron chi connectivity index (χ1n) is 8.09. The lowest BCUT2D eigenvalue weighted by Crippen LogP contribution is -2.10. The third kappa shape index (κ3) is 3.56. The van der Waals surface area contributed by atoms with Crippen molar-refractivity contribution >= 4 is 44.9 Å². The van der Waals surface area contributed by atoms with Gasteiger partial charge in [-0.05, 0) is 11.6 Å². The molecule has 0 spiro atoms. The Labute approximate surface area is 164 Å². The molecule has 0 aliphatic rings. The molecule has 0 fully saturated rings. The molecule has 0 atom stereocenters. The maximum atomic E-state index is 12.7. The highest BCUT2D eigenvalue weighted by molar-refractivity contribution is 7.97. The van der Waals surface area contributed by atoms with E-state index in [1.54, 1.807) is 11.8 Å². The highest BCUT2D eigenvalue weighted by atomic mass is 35.5. The Morgan fingerprint density at radius 1 is 1.00 bits per heavy atom. The van der Waals surface area contributed by atoms with Crippen LogP contribution in [0.1, 0.15) is 11.4 Å². The topological polar surface area (TPSA) is 45.8 Å². The molecule has 1 N–H and O–H groups in total. The lowest BCUT2D eigenvalue weighted by Gasteiger charge is -2.04. The molecule has 0 saturated carbocycles. The highest BCUT2D eigenvalue weighted by Gasteiger charge is 2.14. The summed E-state index contributed by atoms with van der Waals surface area (Å²) in [5, 5.41) is 3.20. The molecule has 2 aromatic heterocycles. The zero-order valence-electron chi connectivity index (χ0n) is 13.7. The molecule has 3 nitrogen and oxygen atoms in total. The van der Waals surface area contributed by atoms with E-state index in [2.05, 4.69) is 22.1 Å². The van der Waals surface area contributed by atoms with E-state index in [4.69, 9.17) is 11.6 Å². The first-order chi connectivity index (χ1) is 12.7. The molecule has 0 aliphatic carbocycles. The first kappa shape index (κ1) is 17.3. The molecule has 4 rings (SSSR count). The van der Waals surface area contributed by atoms with Crippen molar-refractivity contribution in [2.45, 2.75) is 11.5 Å². The van der Waals surface area contributed by atoms with Crippen LogP contribution in [-0.4, -0.2) is 9.97 Å². The average molecular weight is 399 g/mol. The van der Waals surface area contributed by atoms with Crippen molar-refractivity contribution in [3.05, 3.63) is 86.7 Å². The van der Waals surface area contributed by atoms with Crippen molar-refractivity contribution in [1.82, 2.24) is 9.97 Å². The third-order valence-corrected chi connectivity index (χ3v) is 6.22. The van der Waals surface area contributed by atoms with Gasteiger partial charge in [0.05, 0.1) is 11.1 Å². The molecule has 0 bridgehead atoms. The summed E-state index contributed by atoms with van der Waals surface area (Å²) < 4.78 is 0. The number of nitrogens with one attached hydrogen (secondary N) is 1. The smallest absolute Gasteiger partial charge is 0.260 e. The Morgan fingerprint density at radius 3 is 2.58 bits per heavy atom. The maximum absolute atomic E-state index is 12.7. The van der Waals surface area contributed by atoms with E-state index in [0.29, 0.717) is 22.0 Å². The van der Waals surface area contributed by atoms with Gasteiger partial charge in [-0.3, -0.25) is 4.79 Å². The van der Waals surface area contributed by atoms with Gasteiger partial charge in [-0.2, -0.15) is 0 Å². The molecule has 26 heavy (non-hydrogen) atoms. The normalized spacial score (nSPS) is 11.1. The third-order valence-electron chi connectivity index (χ3n) is 4.01. The fourth-order valence-electron chi connectivity index (χ4n) is 2.78. The van der Waals surface area contributed by atoms with Crippen LogP contribution in [0.5, 0.6) is 0 Å². The fourth-order valence-corrected chi connectivity index (χ4v) is 4.84. The molecule has 0 amide bonds. The molecule has 0 aliphatic heterocycles. The second-order valence-corrected chi connectivity index (χ2v) is 8.05. The highest BCUT2D eigenvalue weighted by Crippen LogP contribution is 2.35.